The third-order valence-electron chi connectivity index (χ3n) is 8.17. The van der Waals surface area contributed by atoms with E-state index >= 15 is 0 Å². The highest BCUT2D eigenvalue weighted by Gasteiger charge is 2.28. The number of rotatable bonds is 6. The summed E-state index contributed by atoms with van der Waals surface area (Å²) in [4.78, 5) is 31.6. The maximum Gasteiger partial charge on any atom is 0.404 e. The largest absolute Gasteiger partial charge is 0.494 e. The number of carbonyl (C=O) groups excluding carboxylic acids is 2. The summed E-state index contributed by atoms with van der Waals surface area (Å²) in [6.07, 6.45) is 2.26. The van der Waals surface area contributed by atoms with E-state index in [-0.39, 0.29) is 5.91 Å². The van der Waals surface area contributed by atoms with Crippen molar-refractivity contribution in [1.29, 1.82) is 0 Å². The van der Waals surface area contributed by atoms with Crippen molar-refractivity contribution in [2.75, 3.05) is 33.4 Å². The highest BCUT2D eigenvalue weighted by Crippen LogP contribution is 2.35. The third kappa shape index (κ3) is 4.88. The van der Waals surface area contributed by atoms with Gasteiger partial charge < -0.3 is 34.0 Å². The predicted molar refractivity (Wildman–Crippen MR) is 151 cm³/mol. The molecule has 2 N–H and O–H groups in total. The molecule has 0 saturated carbocycles. The smallest absolute Gasteiger partial charge is 0.404 e. The summed E-state index contributed by atoms with van der Waals surface area (Å²) in [5.41, 5.74) is 9.41. The Bertz CT molecular complexity index is 1570. The molecule has 2 aromatic carbocycles. The summed E-state index contributed by atoms with van der Waals surface area (Å²) < 4.78 is 21.0. The van der Waals surface area contributed by atoms with Gasteiger partial charge in [-0.15, -0.1) is 0 Å². The number of methoxy groups -OCH3 is 1. The Kier molecular flexibility index (Phi) is 7.10. The first-order valence-corrected chi connectivity index (χ1v) is 13.9. The van der Waals surface area contributed by atoms with Crippen molar-refractivity contribution in [3.05, 3.63) is 48.0 Å². The van der Waals surface area contributed by atoms with E-state index in [1.807, 2.05) is 13.1 Å². The minimum Gasteiger partial charge on any atom is -0.494 e. The van der Waals surface area contributed by atoms with E-state index in [0.29, 0.717) is 42.3 Å². The van der Waals surface area contributed by atoms with Gasteiger partial charge in [0.15, 0.2) is 5.82 Å². The van der Waals surface area contributed by atoms with Gasteiger partial charge in [-0.05, 0) is 55.9 Å². The standard InChI is InChI=1S/C30H35N5O5/c1-33-27-23(14-21(16-26(27)38-2)29(36)34-11-5-7-22(18-34)40-30(31)37)32-28(33)25-15-20-6-3-4-8-24(20)35(25)17-19-9-12-39-13-10-19/h3-4,6,8,14-16,19,22H,5,7,9-13,17-18H2,1-2H3,(H2,31,37). The lowest BCUT2D eigenvalue weighted by Gasteiger charge is -2.32. The summed E-state index contributed by atoms with van der Waals surface area (Å²) in [7, 11) is 3.59. The average Bonchev–Trinajstić information content (AvgIpc) is 3.49. The minimum absolute atomic E-state index is 0.154. The molecule has 10 heteroatoms. The molecule has 4 aromatic rings. The zero-order valence-corrected chi connectivity index (χ0v) is 23.0. The minimum atomic E-state index is -0.822. The number of hydrogen-bond acceptors (Lipinski definition) is 6. The van der Waals surface area contributed by atoms with Crippen LogP contribution in [-0.2, 0) is 23.1 Å². The van der Waals surface area contributed by atoms with E-state index in [0.717, 1.165) is 61.4 Å². The van der Waals surface area contributed by atoms with Gasteiger partial charge in [0.25, 0.3) is 5.91 Å². The number of nitrogens with two attached hydrogens (primary N) is 1. The van der Waals surface area contributed by atoms with Crippen LogP contribution in [0.2, 0.25) is 0 Å². The van der Waals surface area contributed by atoms with Crippen LogP contribution in [0.15, 0.2) is 42.5 Å². The van der Waals surface area contributed by atoms with Crippen molar-refractivity contribution < 1.29 is 23.8 Å². The molecular weight excluding hydrogens is 510 g/mol. The second kappa shape index (κ2) is 10.8. The van der Waals surface area contributed by atoms with Crippen LogP contribution >= 0.6 is 0 Å². The number of fused-ring (bicyclic) bond motifs is 2. The number of nitrogens with zero attached hydrogens (tertiary/aromatic N) is 4. The number of primary amides is 1. The molecule has 1 unspecified atom stereocenters. The molecule has 0 bridgehead atoms. The quantitative estimate of drug-likeness (QED) is 0.386. The molecular formula is C30H35N5O5. The van der Waals surface area contributed by atoms with Gasteiger partial charge in [-0.1, -0.05) is 18.2 Å². The fourth-order valence-corrected chi connectivity index (χ4v) is 6.16. The lowest BCUT2D eigenvalue weighted by Crippen LogP contribution is -2.44. The molecule has 40 heavy (non-hydrogen) atoms. The maximum atomic E-state index is 13.5. The van der Waals surface area contributed by atoms with E-state index in [9.17, 15) is 9.59 Å². The molecule has 2 fully saturated rings. The summed E-state index contributed by atoms with van der Waals surface area (Å²) in [6.45, 7) is 3.37. The van der Waals surface area contributed by atoms with Gasteiger partial charge >= 0.3 is 6.09 Å². The highest BCUT2D eigenvalue weighted by atomic mass is 16.6. The van der Waals surface area contributed by atoms with Gasteiger partial charge in [-0.3, -0.25) is 4.79 Å². The molecule has 10 nitrogen and oxygen atoms in total. The van der Waals surface area contributed by atoms with Crippen LogP contribution in [-0.4, -0.2) is 70.5 Å². The first-order valence-electron chi connectivity index (χ1n) is 13.9. The van der Waals surface area contributed by atoms with Crippen molar-refractivity contribution in [3.8, 4) is 17.3 Å². The molecule has 210 valence electrons. The van der Waals surface area contributed by atoms with Crippen LogP contribution < -0.4 is 10.5 Å². The summed E-state index contributed by atoms with van der Waals surface area (Å²) in [6, 6.07) is 14.2. The highest BCUT2D eigenvalue weighted by molar-refractivity contribution is 6.00. The van der Waals surface area contributed by atoms with Gasteiger partial charge in [0.05, 0.1) is 24.9 Å². The van der Waals surface area contributed by atoms with E-state index < -0.39 is 12.2 Å². The van der Waals surface area contributed by atoms with Crippen molar-refractivity contribution in [3.63, 3.8) is 0 Å². The van der Waals surface area contributed by atoms with Crippen LogP contribution in [0.4, 0.5) is 4.79 Å². The molecule has 2 saturated heterocycles. The molecule has 0 aliphatic carbocycles. The van der Waals surface area contributed by atoms with E-state index in [2.05, 4.69) is 39.5 Å². The van der Waals surface area contributed by atoms with Crippen LogP contribution in [0.1, 0.15) is 36.0 Å². The number of para-hydroxylation sites is 1. The number of imidazole rings is 1. The van der Waals surface area contributed by atoms with Gasteiger partial charge in [0.1, 0.15) is 17.4 Å². The van der Waals surface area contributed by atoms with Crippen LogP contribution in [0.5, 0.6) is 5.75 Å². The fraction of sp³-hybridized carbons (Fsp3) is 0.433. The van der Waals surface area contributed by atoms with E-state index in [1.54, 1.807) is 18.1 Å². The van der Waals surface area contributed by atoms with Gasteiger partial charge in [0, 0.05) is 49.8 Å². The fourth-order valence-electron chi connectivity index (χ4n) is 6.16. The third-order valence-corrected chi connectivity index (χ3v) is 8.17. The number of amides is 2. The number of aryl methyl sites for hydroxylation is 1. The molecule has 2 aliphatic heterocycles. The molecule has 2 aliphatic rings. The van der Waals surface area contributed by atoms with Crippen LogP contribution in [0, 0.1) is 5.92 Å². The van der Waals surface area contributed by atoms with Crippen molar-refractivity contribution in [1.82, 2.24) is 19.0 Å². The Balaban J connectivity index is 1.39. The van der Waals surface area contributed by atoms with Gasteiger partial charge in [0.2, 0.25) is 0 Å². The number of hydrogen-bond donors (Lipinski definition) is 1. The molecule has 0 radical (unpaired) electrons. The lowest BCUT2D eigenvalue weighted by molar-refractivity contribution is 0.0373. The van der Waals surface area contributed by atoms with Crippen molar-refractivity contribution >= 4 is 33.9 Å². The second-order valence-electron chi connectivity index (χ2n) is 10.7. The van der Waals surface area contributed by atoms with Gasteiger partial charge in [-0.25, -0.2) is 9.78 Å². The van der Waals surface area contributed by atoms with Crippen molar-refractivity contribution in [2.45, 2.75) is 38.3 Å². The van der Waals surface area contributed by atoms with E-state index in [1.165, 1.54) is 5.52 Å². The predicted octanol–water partition coefficient (Wildman–Crippen LogP) is 4.33. The zero-order valence-electron chi connectivity index (χ0n) is 23.0. The maximum absolute atomic E-state index is 13.5. The molecule has 4 heterocycles. The molecule has 6 rings (SSSR count). The van der Waals surface area contributed by atoms with Crippen LogP contribution in [0.25, 0.3) is 33.5 Å². The number of piperidine rings is 1. The van der Waals surface area contributed by atoms with Gasteiger partial charge in [-0.2, -0.15) is 0 Å². The molecule has 1 atom stereocenters. The first kappa shape index (κ1) is 26.2. The zero-order chi connectivity index (χ0) is 27.8. The number of ether oxygens (including phenoxy) is 3. The van der Waals surface area contributed by atoms with Crippen LogP contribution in [0.3, 0.4) is 0 Å². The van der Waals surface area contributed by atoms with Crippen molar-refractivity contribution in [2.24, 2.45) is 18.7 Å². The number of carbonyl (C=O) groups is 2. The second-order valence-corrected chi connectivity index (χ2v) is 10.7. The number of aromatic nitrogens is 3. The Labute approximate surface area is 232 Å². The monoisotopic (exact) mass is 545 g/mol. The number of likely N-dealkylation sites (tertiary alicyclic amines) is 1. The Hall–Kier alpha value is -4.05. The topological polar surface area (TPSA) is 114 Å². The Morgan fingerprint density at radius 3 is 2.70 bits per heavy atom. The first-order chi connectivity index (χ1) is 19.4. The Morgan fingerprint density at radius 2 is 1.93 bits per heavy atom. The lowest BCUT2D eigenvalue weighted by atomic mass is 10.0. The molecule has 2 aromatic heterocycles. The SMILES string of the molecule is COc1cc(C(=O)N2CCCC(OC(N)=O)C2)cc2nc(-c3cc4ccccc4n3CC3CCOCC3)n(C)c12. The number of benzene rings is 2. The molecule has 2 amide bonds. The summed E-state index contributed by atoms with van der Waals surface area (Å²) >= 11 is 0. The summed E-state index contributed by atoms with van der Waals surface area (Å²) in [5, 5.41) is 1.16. The normalized spacial score (nSPS) is 18.4. The summed E-state index contributed by atoms with van der Waals surface area (Å²) in [5.74, 6) is 1.77. The van der Waals surface area contributed by atoms with E-state index in [4.69, 9.17) is 24.9 Å². The average molecular weight is 546 g/mol. The molecule has 0 spiro atoms. The Morgan fingerprint density at radius 1 is 1.12 bits per heavy atom.